The number of sulfonamides is 1. The standard InChI is InChI=1S/C13H22N2O2S2/c1-8-6-12(14)11(4)13(10(8)3)19(16,17)15-7-9(2)18-5/h6,9,15H,7,14H2,1-5H3. The molecule has 1 aromatic carbocycles. The predicted molar refractivity (Wildman–Crippen MR) is 83.2 cm³/mol. The number of hydrogen-bond acceptors (Lipinski definition) is 4. The molecule has 4 nitrogen and oxygen atoms in total. The van der Waals surface area contributed by atoms with Crippen molar-refractivity contribution in [2.45, 2.75) is 37.8 Å². The van der Waals surface area contributed by atoms with Gasteiger partial charge >= 0.3 is 0 Å². The van der Waals surface area contributed by atoms with E-state index in [1.807, 2.05) is 33.1 Å². The number of anilines is 1. The molecule has 1 atom stereocenters. The van der Waals surface area contributed by atoms with E-state index in [2.05, 4.69) is 4.72 Å². The van der Waals surface area contributed by atoms with Crippen LogP contribution in [0.2, 0.25) is 0 Å². The second-order valence-corrected chi connectivity index (χ2v) is 7.74. The molecule has 0 aliphatic carbocycles. The average Bonchev–Trinajstić information content (AvgIpc) is 2.33. The topological polar surface area (TPSA) is 72.2 Å². The van der Waals surface area contributed by atoms with Gasteiger partial charge in [0.05, 0.1) is 4.90 Å². The van der Waals surface area contributed by atoms with Crippen molar-refractivity contribution in [2.24, 2.45) is 0 Å². The summed E-state index contributed by atoms with van der Waals surface area (Å²) in [5, 5.41) is 0.234. The first kappa shape index (κ1) is 16.3. The molecule has 1 aromatic rings. The third-order valence-electron chi connectivity index (χ3n) is 3.31. The molecule has 0 spiro atoms. The number of nitrogens with two attached hydrogens (primary N) is 1. The largest absolute Gasteiger partial charge is 0.398 e. The van der Waals surface area contributed by atoms with Crippen molar-refractivity contribution in [1.82, 2.24) is 4.72 Å². The number of nitrogens with one attached hydrogen (secondary N) is 1. The van der Waals surface area contributed by atoms with Crippen LogP contribution in [0.25, 0.3) is 0 Å². The van der Waals surface area contributed by atoms with E-state index >= 15 is 0 Å². The van der Waals surface area contributed by atoms with E-state index < -0.39 is 10.0 Å². The molecule has 0 saturated carbocycles. The highest BCUT2D eigenvalue weighted by molar-refractivity contribution is 7.99. The summed E-state index contributed by atoms with van der Waals surface area (Å²) in [4.78, 5) is 0.318. The zero-order chi connectivity index (χ0) is 14.8. The Balaban J connectivity index is 3.22. The average molecular weight is 302 g/mol. The van der Waals surface area contributed by atoms with Crippen LogP contribution in [-0.2, 0) is 10.0 Å². The first-order valence-electron chi connectivity index (χ1n) is 6.09. The lowest BCUT2D eigenvalue weighted by Crippen LogP contribution is -2.30. The summed E-state index contributed by atoms with van der Waals surface area (Å²) < 4.78 is 27.5. The van der Waals surface area contributed by atoms with Crippen LogP contribution in [0, 0.1) is 20.8 Å². The molecule has 6 heteroatoms. The number of thioether (sulfide) groups is 1. The zero-order valence-corrected chi connectivity index (χ0v) is 13.7. The van der Waals surface area contributed by atoms with Gasteiger partial charge in [0.15, 0.2) is 0 Å². The van der Waals surface area contributed by atoms with Crippen molar-refractivity contribution in [1.29, 1.82) is 0 Å². The fourth-order valence-corrected chi connectivity index (χ4v) is 3.88. The van der Waals surface area contributed by atoms with Crippen LogP contribution in [0.1, 0.15) is 23.6 Å². The van der Waals surface area contributed by atoms with Crippen molar-refractivity contribution >= 4 is 27.5 Å². The van der Waals surface area contributed by atoms with Gasteiger partial charge in [0, 0.05) is 17.5 Å². The van der Waals surface area contributed by atoms with Gasteiger partial charge in [-0.3, -0.25) is 0 Å². The van der Waals surface area contributed by atoms with E-state index in [0.717, 1.165) is 11.1 Å². The number of benzene rings is 1. The maximum absolute atomic E-state index is 12.4. The van der Waals surface area contributed by atoms with Crippen molar-refractivity contribution in [3.8, 4) is 0 Å². The van der Waals surface area contributed by atoms with E-state index in [9.17, 15) is 8.42 Å². The SMILES string of the molecule is CSC(C)CNS(=O)(=O)c1c(C)c(C)cc(N)c1C. The Kier molecular flexibility index (Phi) is 5.29. The van der Waals surface area contributed by atoms with E-state index in [0.29, 0.717) is 22.7 Å². The van der Waals surface area contributed by atoms with Crippen molar-refractivity contribution < 1.29 is 8.42 Å². The minimum atomic E-state index is -3.52. The predicted octanol–water partition coefficient (Wildman–Crippen LogP) is 2.22. The Morgan fingerprint density at radius 1 is 1.32 bits per heavy atom. The normalized spacial score (nSPS) is 13.5. The Labute approximate surface area is 120 Å². The maximum atomic E-state index is 12.4. The van der Waals surface area contributed by atoms with Crippen LogP contribution >= 0.6 is 11.8 Å². The summed E-state index contributed by atoms with van der Waals surface area (Å²) in [7, 11) is -3.52. The second-order valence-electron chi connectivity index (χ2n) is 4.76. The van der Waals surface area contributed by atoms with Gasteiger partial charge in [-0.25, -0.2) is 13.1 Å². The number of hydrogen-bond donors (Lipinski definition) is 2. The van der Waals surface area contributed by atoms with Gasteiger partial charge in [0.2, 0.25) is 10.0 Å². The van der Waals surface area contributed by atoms with Crippen molar-refractivity contribution in [3.05, 3.63) is 22.8 Å². The summed E-state index contributed by atoms with van der Waals surface area (Å²) in [6.07, 6.45) is 1.96. The summed E-state index contributed by atoms with van der Waals surface area (Å²) in [5.41, 5.74) is 8.66. The minimum absolute atomic E-state index is 0.234. The molecule has 0 amide bonds. The Bertz CT molecular complexity index is 542. The highest BCUT2D eigenvalue weighted by Gasteiger charge is 2.22. The van der Waals surface area contributed by atoms with Crippen LogP contribution in [0.5, 0.6) is 0 Å². The molecular weight excluding hydrogens is 280 g/mol. The fourth-order valence-electron chi connectivity index (χ4n) is 1.83. The van der Waals surface area contributed by atoms with Gasteiger partial charge < -0.3 is 5.73 Å². The summed E-state index contributed by atoms with van der Waals surface area (Å²) in [5.74, 6) is 0. The number of nitrogen functional groups attached to an aromatic ring is 1. The van der Waals surface area contributed by atoms with Gasteiger partial charge in [-0.05, 0) is 49.8 Å². The van der Waals surface area contributed by atoms with Gasteiger partial charge in [0.1, 0.15) is 0 Å². The minimum Gasteiger partial charge on any atom is -0.398 e. The first-order valence-corrected chi connectivity index (χ1v) is 8.86. The Morgan fingerprint density at radius 3 is 2.42 bits per heavy atom. The number of aryl methyl sites for hydroxylation is 1. The molecule has 19 heavy (non-hydrogen) atoms. The lowest BCUT2D eigenvalue weighted by Gasteiger charge is -2.17. The third kappa shape index (κ3) is 3.64. The molecule has 0 bridgehead atoms. The quantitative estimate of drug-likeness (QED) is 0.818. The van der Waals surface area contributed by atoms with E-state index in [1.165, 1.54) is 0 Å². The molecule has 0 saturated heterocycles. The Morgan fingerprint density at radius 2 is 1.89 bits per heavy atom. The molecule has 0 heterocycles. The molecule has 0 aromatic heterocycles. The molecular formula is C13H22N2O2S2. The zero-order valence-electron chi connectivity index (χ0n) is 12.1. The van der Waals surface area contributed by atoms with Crippen molar-refractivity contribution in [3.63, 3.8) is 0 Å². The van der Waals surface area contributed by atoms with Crippen LogP contribution in [0.3, 0.4) is 0 Å². The molecule has 0 aliphatic heterocycles. The molecule has 1 unspecified atom stereocenters. The summed E-state index contributed by atoms with van der Waals surface area (Å²) in [6.45, 7) is 7.82. The van der Waals surface area contributed by atoms with Crippen LogP contribution in [0.15, 0.2) is 11.0 Å². The van der Waals surface area contributed by atoms with E-state index in [1.54, 1.807) is 18.7 Å². The van der Waals surface area contributed by atoms with Gasteiger partial charge in [-0.2, -0.15) is 11.8 Å². The molecule has 0 aliphatic rings. The molecule has 0 fully saturated rings. The molecule has 1 rings (SSSR count). The highest BCUT2D eigenvalue weighted by Crippen LogP contribution is 2.27. The molecule has 0 radical (unpaired) electrons. The van der Waals surface area contributed by atoms with Crippen LogP contribution in [0.4, 0.5) is 5.69 Å². The summed E-state index contributed by atoms with van der Waals surface area (Å²) >= 11 is 1.62. The lowest BCUT2D eigenvalue weighted by atomic mass is 10.1. The molecule has 108 valence electrons. The van der Waals surface area contributed by atoms with Crippen LogP contribution in [-0.4, -0.2) is 26.5 Å². The van der Waals surface area contributed by atoms with Gasteiger partial charge in [-0.1, -0.05) is 6.92 Å². The third-order valence-corrected chi connectivity index (χ3v) is 5.98. The smallest absolute Gasteiger partial charge is 0.241 e. The van der Waals surface area contributed by atoms with E-state index in [4.69, 9.17) is 5.73 Å². The van der Waals surface area contributed by atoms with Gasteiger partial charge in [0.25, 0.3) is 0 Å². The summed E-state index contributed by atoms with van der Waals surface area (Å²) in [6, 6.07) is 1.81. The van der Waals surface area contributed by atoms with Crippen LogP contribution < -0.4 is 10.5 Å². The van der Waals surface area contributed by atoms with Crippen molar-refractivity contribution in [2.75, 3.05) is 18.5 Å². The Hall–Kier alpha value is -0.720. The molecule has 3 N–H and O–H groups in total. The lowest BCUT2D eigenvalue weighted by molar-refractivity contribution is 0.580. The van der Waals surface area contributed by atoms with Gasteiger partial charge in [-0.15, -0.1) is 0 Å². The monoisotopic (exact) mass is 302 g/mol. The maximum Gasteiger partial charge on any atom is 0.241 e. The van der Waals surface area contributed by atoms with E-state index in [-0.39, 0.29) is 5.25 Å². The first-order chi connectivity index (χ1) is 8.70. The fraction of sp³-hybridized carbons (Fsp3) is 0.538. The number of rotatable bonds is 5. The highest BCUT2D eigenvalue weighted by atomic mass is 32.2. The second kappa shape index (κ2) is 6.15.